The van der Waals surface area contributed by atoms with Crippen molar-refractivity contribution < 1.29 is 9.59 Å². The van der Waals surface area contributed by atoms with Gasteiger partial charge in [-0.1, -0.05) is 54.6 Å². The number of benzene rings is 3. The summed E-state index contributed by atoms with van der Waals surface area (Å²) in [4.78, 5) is 29.2. The van der Waals surface area contributed by atoms with Gasteiger partial charge in [0.05, 0.1) is 5.56 Å². The van der Waals surface area contributed by atoms with Crippen LogP contribution in [0.1, 0.15) is 40.4 Å². The molecule has 0 unspecified atom stereocenters. The van der Waals surface area contributed by atoms with Gasteiger partial charge in [0.1, 0.15) is 0 Å². The van der Waals surface area contributed by atoms with Crippen LogP contribution in [0.3, 0.4) is 0 Å². The predicted octanol–water partition coefficient (Wildman–Crippen LogP) is 5.33. The molecule has 1 heterocycles. The maximum atomic E-state index is 13.1. The van der Waals surface area contributed by atoms with Crippen molar-refractivity contribution in [1.29, 1.82) is 0 Å². The lowest BCUT2D eigenvalue weighted by molar-refractivity contribution is -0.118. The van der Waals surface area contributed by atoms with Crippen LogP contribution in [0.25, 0.3) is 16.3 Å². The van der Waals surface area contributed by atoms with E-state index in [1.54, 1.807) is 24.5 Å². The zero-order chi connectivity index (χ0) is 22.8. The summed E-state index contributed by atoms with van der Waals surface area (Å²) in [5, 5.41) is 8.23. The molecule has 5 nitrogen and oxygen atoms in total. The average molecular weight is 434 g/mol. The number of carbonyl (C=O) groups is 2. The van der Waals surface area contributed by atoms with Gasteiger partial charge in [-0.25, -0.2) is 0 Å². The summed E-state index contributed by atoms with van der Waals surface area (Å²) in [5.74, 6) is -0.339. The Balaban J connectivity index is 1.76. The molecule has 0 aliphatic heterocycles. The summed E-state index contributed by atoms with van der Waals surface area (Å²) < 4.78 is 0. The minimum atomic E-state index is -0.231. The normalized spacial score (nSPS) is 12.9. The second kappa shape index (κ2) is 8.71. The quantitative estimate of drug-likeness (QED) is 0.457. The van der Waals surface area contributed by atoms with E-state index < -0.39 is 0 Å². The molecule has 0 saturated heterocycles. The van der Waals surface area contributed by atoms with E-state index in [-0.39, 0.29) is 11.8 Å². The zero-order valence-electron chi connectivity index (χ0n) is 18.3. The summed E-state index contributed by atoms with van der Waals surface area (Å²) >= 11 is 0. The van der Waals surface area contributed by atoms with Crippen molar-refractivity contribution in [2.45, 2.75) is 19.8 Å². The Morgan fingerprint density at radius 1 is 0.848 bits per heavy atom. The fourth-order valence-corrected chi connectivity index (χ4v) is 4.49. The summed E-state index contributed by atoms with van der Waals surface area (Å²) in [6.45, 7) is 1.53. The number of rotatable bonds is 4. The van der Waals surface area contributed by atoms with Crippen molar-refractivity contribution in [3.8, 4) is 0 Å². The van der Waals surface area contributed by atoms with Crippen molar-refractivity contribution in [3.05, 3.63) is 113 Å². The molecule has 162 valence electrons. The lowest BCUT2D eigenvalue weighted by Crippen LogP contribution is -2.24. The number of fused-ring (bicyclic) bond motifs is 2. The Bertz CT molecular complexity index is 1410. The highest BCUT2D eigenvalue weighted by molar-refractivity contribution is 6.11. The van der Waals surface area contributed by atoms with Crippen molar-refractivity contribution in [2.24, 2.45) is 0 Å². The molecule has 5 heteroatoms. The number of amides is 2. The largest absolute Gasteiger partial charge is 0.329 e. The number of nitrogens with one attached hydrogen (secondary N) is 2. The van der Waals surface area contributed by atoms with Gasteiger partial charge in [-0.3, -0.25) is 14.6 Å². The zero-order valence-corrected chi connectivity index (χ0v) is 18.3. The first-order chi connectivity index (χ1) is 16.1. The molecule has 1 aliphatic rings. The molecule has 2 N–H and O–H groups in total. The second-order valence-corrected chi connectivity index (χ2v) is 8.10. The third-order valence-corrected chi connectivity index (χ3v) is 5.91. The second-order valence-electron chi connectivity index (χ2n) is 8.10. The van der Waals surface area contributed by atoms with E-state index in [0.29, 0.717) is 17.7 Å². The molecular formula is C28H23N3O2. The number of allylic oxidation sites excluding steroid dienone is 1. The number of anilines is 1. The smallest absolute Gasteiger partial charge is 0.257 e. The Labute approximate surface area is 192 Å². The highest BCUT2D eigenvalue weighted by Crippen LogP contribution is 2.41. The first-order valence-corrected chi connectivity index (χ1v) is 10.9. The molecule has 2 amide bonds. The molecular weight excluding hydrogens is 410 g/mol. The van der Waals surface area contributed by atoms with E-state index in [2.05, 4.69) is 39.9 Å². The topological polar surface area (TPSA) is 71.1 Å². The minimum absolute atomic E-state index is 0.108. The molecule has 0 bridgehead atoms. The van der Waals surface area contributed by atoms with Crippen LogP contribution in [0.2, 0.25) is 0 Å². The lowest BCUT2D eigenvalue weighted by atomic mass is 9.82. The number of carbonyl (C=O) groups excluding carboxylic acids is 2. The van der Waals surface area contributed by atoms with E-state index in [1.165, 1.54) is 12.5 Å². The molecule has 0 saturated carbocycles. The van der Waals surface area contributed by atoms with Gasteiger partial charge in [-0.2, -0.15) is 0 Å². The number of pyridine rings is 1. The molecule has 0 radical (unpaired) electrons. The van der Waals surface area contributed by atoms with Crippen molar-refractivity contribution in [2.75, 3.05) is 5.32 Å². The van der Waals surface area contributed by atoms with Gasteiger partial charge in [0, 0.05) is 41.8 Å². The van der Waals surface area contributed by atoms with Crippen LogP contribution in [-0.2, 0) is 11.2 Å². The fraction of sp³-hybridized carbons (Fsp3) is 0.107. The summed E-state index contributed by atoms with van der Waals surface area (Å²) in [6, 6.07) is 23.8. The van der Waals surface area contributed by atoms with Crippen molar-refractivity contribution in [1.82, 2.24) is 10.3 Å². The third kappa shape index (κ3) is 4.01. The van der Waals surface area contributed by atoms with Gasteiger partial charge in [0.2, 0.25) is 5.91 Å². The number of aryl methyl sites for hydroxylation is 1. The first kappa shape index (κ1) is 20.6. The van der Waals surface area contributed by atoms with Gasteiger partial charge in [0.25, 0.3) is 5.91 Å². The molecule has 0 fully saturated rings. The number of nitrogens with zero attached hydrogens (tertiary/aromatic N) is 1. The highest BCUT2D eigenvalue weighted by atomic mass is 16.2. The number of hydrogen-bond acceptors (Lipinski definition) is 3. The van der Waals surface area contributed by atoms with Gasteiger partial charge in [-0.15, -0.1) is 0 Å². The monoisotopic (exact) mass is 433 g/mol. The number of aromatic nitrogens is 1. The van der Waals surface area contributed by atoms with Crippen LogP contribution < -0.4 is 10.6 Å². The molecule has 0 atom stereocenters. The van der Waals surface area contributed by atoms with Crippen molar-refractivity contribution >= 4 is 33.8 Å². The fourth-order valence-electron chi connectivity index (χ4n) is 4.49. The van der Waals surface area contributed by atoms with Crippen molar-refractivity contribution in [3.63, 3.8) is 0 Å². The summed E-state index contributed by atoms with van der Waals surface area (Å²) in [6.07, 6.45) is 4.75. The standard InChI is InChI=1S/C28H23N3O2/c1-18(32)30-24-14-12-19-7-2-4-10-22(19)26(24)27-23-11-5-3-8-20(23)13-15-25(27)31-28(33)21-9-6-16-29-17-21/h2-11,13,15-17H,12,14H2,1H3,(H,30,32)(H,31,33). The predicted molar refractivity (Wildman–Crippen MR) is 131 cm³/mol. The first-order valence-electron chi connectivity index (χ1n) is 10.9. The van der Waals surface area contributed by atoms with Gasteiger partial charge in [0.15, 0.2) is 0 Å². The molecule has 1 aliphatic carbocycles. The van der Waals surface area contributed by atoms with E-state index in [9.17, 15) is 9.59 Å². The minimum Gasteiger partial charge on any atom is -0.329 e. The molecule has 5 rings (SSSR count). The molecule has 4 aromatic rings. The molecule has 0 spiro atoms. The van der Waals surface area contributed by atoms with Gasteiger partial charge >= 0.3 is 0 Å². The van der Waals surface area contributed by atoms with Crippen LogP contribution in [0, 0.1) is 0 Å². The highest BCUT2D eigenvalue weighted by Gasteiger charge is 2.25. The van der Waals surface area contributed by atoms with Crippen LogP contribution in [0.4, 0.5) is 5.69 Å². The lowest BCUT2D eigenvalue weighted by Gasteiger charge is -2.26. The van der Waals surface area contributed by atoms with E-state index in [1.807, 2.05) is 36.4 Å². The van der Waals surface area contributed by atoms with Gasteiger partial charge < -0.3 is 10.6 Å². The van der Waals surface area contributed by atoms with E-state index >= 15 is 0 Å². The average Bonchev–Trinajstić information content (AvgIpc) is 2.84. The third-order valence-electron chi connectivity index (χ3n) is 5.91. The van der Waals surface area contributed by atoms with Crippen LogP contribution in [0.15, 0.2) is 90.9 Å². The maximum absolute atomic E-state index is 13.1. The summed E-state index contributed by atoms with van der Waals surface area (Å²) in [5.41, 5.74) is 6.19. The Morgan fingerprint density at radius 3 is 2.48 bits per heavy atom. The Morgan fingerprint density at radius 2 is 1.67 bits per heavy atom. The van der Waals surface area contributed by atoms with Crippen LogP contribution >= 0.6 is 0 Å². The SMILES string of the molecule is CC(=O)NC1=C(c2c(NC(=O)c3cccnc3)ccc3ccccc23)c2ccccc2CC1. The molecule has 33 heavy (non-hydrogen) atoms. The Hall–Kier alpha value is -4.25. The van der Waals surface area contributed by atoms with Gasteiger partial charge in [-0.05, 0) is 52.9 Å². The molecule has 3 aromatic carbocycles. The van der Waals surface area contributed by atoms with E-state index in [4.69, 9.17) is 0 Å². The number of hydrogen-bond donors (Lipinski definition) is 2. The summed E-state index contributed by atoms with van der Waals surface area (Å²) in [7, 11) is 0. The maximum Gasteiger partial charge on any atom is 0.257 e. The Kier molecular flexibility index (Phi) is 5.45. The van der Waals surface area contributed by atoms with Crippen LogP contribution in [0.5, 0.6) is 0 Å². The van der Waals surface area contributed by atoms with E-state index in [0.717, 1.165) is 39.6 Å². The molecule has 1 aromatic heterocycles. The van der Waals surface area contributed by atoms with Crippen LogP contribution in [-0.4, -0.2) is 16.8 Å².